The van der Waals surface area contributed by atoms with E-state index in [9.17, 15) is 9.59 Å². The lowest BCUT2D eigenvalue weighted by atomic mass is 9.95. The molecule has 0 aromatic carbocycles. The topological polar surface area (TPSA) is 94.7 Å². The Morgan fingerprint density at radius 3 is 2.79 bits per heavy atom. The maximum Gasteiger partial charge on any atom is 0.256 e. The first-order valence-corrected chi connectivity index (χ1v) is 11.9. The van der Waals surface area contributed by atoms with Crippen molar-refractivity contribution in [3.8, 4) is 11.4 Å². The molecule has 1 amide bonds. The van der Waals surface area contributed by atoms with Crippen LogP contribution in [0.1, 0.15) is 47.1 Å². The lowest BCUT2D eigenvalue weighted by Crippen LogP contribution is -2.32. The van der Waals surface area contributed by atoms with Gasteiger partial charge in [-0.3, -0.25) is 19.3 Å². The van der Waals surface area contributed by atoms with Crippen molar-refractivity contribution in [2.24, 2.45) is 0 Å². The molecular formula is C26H28N6O2. The Morgan fingerprint density at radius 1 is 1.15 bits per heavy atom. The van der Waals surface area contributed by atoms with Crippen LogP contribution in [0.5, 0.6) is 0 Å². The first-order chi connectivity index (χ1) is 16.6. The summed E-state index contributed by atoms with van der Waals surface area (Å²) in [5.41, 5.74) is 5.58. The summed E-state index contributed by atoms with van der Waals surface area (Å²) in [6, 6.07) is 9.40. The lowest BCUT2D eigenvalue weighted by molar-refractivity contribution is 0.0950. The molecule has 5 rings (SSSR count). The van der Waals surface area contributed by atoms with Gasteiger partial charge in [0.2, 0.25) is 5.43 Å². The van der Waals surface area contributed by atoms with E-state index in [0.29, 0.717) is 30.7 Å². The minimum Gasteiger partial charge on any atom is -0.350 e. The highest BCUT2D eigenvalue weighted by Gasteiger charge is 2.22. The Labute approximate surface area is 197 Å². The molecule has 1 aliphatic rings. The molecule has 34 heavy (non-hydrogen) atoms. The maximum atomic E-state index is 13.0. The Hall–Kier alpha value is -3.81. The molecule has 0 saturated heterocycles. The van der Waals surface area contributed by atoms with E-state index in [4.69, 9.17) is 5.10 Å². The SMILES string of the molecule is CCn1cc(C(=O)NCCn2nc(-c3ccccn3)c3c2CCCC3)c(=O)c2ccc(C)nc21. The summed E-state index contributed by atoms with van der Waals surface area (Å²) in [4.78, 5) is 34.9. The average molecular weight is 457 g/mol. The van der Waals surface area contributed by atoms with Gasteiger partial charge in [-0.2, -0.15) is 5.10 Å². The molecule has 4 heterocycles. The van der Waals surface area contributed by atoms with Gasteiger partial charge in [0.05, 0.1) is 17.6 Å². The zero-order chi connectivity index (χ0) is 23.7. The number of nitrogens with zero attached hydrogens (tertiary/aromatic N) is 5. The van der Waals surface area contributed by atoms with Crippen LogP contribution in [0.3, 0.4) is 0 Å². The second-order valence-corrected chi connectivity index (χ2v) is 8.66. The van der Waals surface area contributed by atoms with Crippen molar-refractivity contribution in [1.82, 2.24) is 29.6 Å². The molecule has 8 nitrogen and oxygen atoms in total. The van der Waals surface area contributed by atoms with Gasteiger partial charge in [-0.25, -0.2) is 4.98 Å². The van der Waals surface area contributed by atoms with Crippen LogP contribution in [0.2, 0.25) is 0 Å². The molecule has 0 saturated carbocycles. The van der Waals surface area contributed by atoms with Gasteiger partial charge in [-0.15, -0.1) is 0 Å². The van der Waals surface area contributed by atoms with Gasteiger partial charge in [0, 0.05) is 42.4 Å². The number of hydrogen-bond donors (Lipinski definition) is 1. The largest absolute Gasteiger partial charge is 0.350 e. The first kappa shape index (κ1) is 22.0. The minimum absolute atomic E-state index is 0.136. The van der Waals surface area contributed by atoms with E-state index < -0.39 is 0 Å². The van der Waals surface area contributed by atoms with Crippen molar-refractivity contribution in [3.63, 3.8) is 0 Å². The number of nitrogens with one attached hydrogen (secondary N) is 1. The fraction of sp³-hybridized carbons (Fsp3) is 0.346. The predicted molar refractivity (Wildman–Crippen MR) is 131 cm³/mol. The molecule has 8 heteroatoms. The van der Waals surface area contributed by atoms with E-state index in [1.54, 1.807) is 24.5 Å². The van der Waals surface area contributed by atoms with Crippen LogP contribution in [-0.2, 0) is 25.9 Å². The molecule has 1 aliphatic carbocycles. The third kappa shape index (κ3) is 4.00. The number of carbonyl (C=O) groups is 1. The normalized spacial score (nSPS) is 13.1. The Kier molecular flexibility index (Phi) is 5.96. The molecule has 1 N–H and O–H groups in total. The second kappa shape index (κ2) is 9.21. The Bertz CT molecular complexity index is 1420. The highest BCUT2D eigenvalue weighted by atomic mass is 16.2. The average Bonchev–Trinajstić information content (AvgIpc) is 3.23. The Balaban J connectivity index is 1.37. The summed E-state index contributed by atoms with van der Waals surface area (Å²) < 4.78 is 3.85. The summed E-state index contributed by atoms with van der Waals surface area (Å²) >= 11 is 0. The van der Waals surface area contributed by atoms with Gasteiger partial charge in [0.15, 0.2) is 0 Å². The van der Waals surface area contributed by atoms with Gasteiger partial charge in [0.1, 0.15) is 16.9 Å². The van der Waals surface area contributed by atoms with Crippen molar-refractivity contribution in [3.05, 3.63) is 75.5 Å². The smallest absolute Gasteiger partial charge is 0.256 e. The van der Waals surface area contributed by atoms with Gasteiger partial charge < -0.3 is 9.88 Å². The van der Waals surface area contributed by atoms with E-state index in [0.717, 1.165) is 42.8 Å². The fourth-order valence-electron chi connectivity index (χ4n) is 4.70. The van der Waals surface area contributed by atoms with E-state index >= 15 is 0 Å². The number of pyridine rings is 3. The lowest BCUT2D eigenvalue weighted by Gasteiger charge is -2.15. The molecule has 0 unspecified atom stereocenters. The van der Waals surface area contributed by atoms with Crippen molar-refractivity contribution in [2.45, 2.75) is 52.6 Å². The molecule has 0 spiro atoms. The molecule has 0 radical (unpaired) electrons. The number of fused-ring (bicyclic) bond motifs is 2. The number of aryl methyl sites for hydroxylation is 2. The number of hydrogen-bond acceptors (Lipinski definition) is 5. The third-order valence-electron chi connectivity index (χ3n) is 6.42. The summed E-state index contributed by atoms with van der Waals surface area (Å²) in [5, 5.41) is 8.24. The van der Waals surface area contributed by atoms with E-state index in [2.05, 4.69) is 15.3 Å². The second-order valence-electron chi connectivity index (χ2n) is 8.66. The molecule has 174 valence electrons. The van der Waals surface area contributed by atoms with Crippen LogP contribution in [-0.4, -0.2) is 36.8 Å². The monoisotopic (exact) mass is 456 g/mol. The van der Waals surface area contributed by atoms with E-state index in [-0.39, 0.29) is 16.9 Å². The standard InChI is InChI=1S/C26H28N6O2/c1-3-31-16-20(24(33)19-12-11-17(2)29-25(19)31)26(34)28-14-15-32-22-10-5-4-8-18(22)23(30-32)21-9-6-7-13-27-21/h6-7,9,11-13,16H,3-5,8,10,14-15H2,1-2H3,(H,28,34). The number of amides is 1. The van der Waals surface area contributed by atoms with Crippen LogP contribution >= 0.6 is 0 Å². The van der Waals surface area contributed by atoms with Crippen LogP contribution < -0.4 is 10.7 Å². The third-order valence-corrected chi connectivity index (χ3v) is 6.42. The predicted octanol–water partition coefficient (Wildman–Crippen LogP) is 3.29. The highest BCUT2D eigenvalue weighted by Crippen LogP contribution is 2.30. The molecule has 0 bridgehead atoms. The number of carbonyl (C=O) groups excluding carboxylic acids is 1. The molecule has 0 aliphatic heterocycles. The van der Waals surface area contributed by atoms with Crippen molar-refractivity contribution in [2.75, 3.05) is 6.54 Å². The van der Waals surface area contributed by atoms with Crippen LogP contribution in [0.25, 0.3) is 22.4 Å². The van der Waals surface area contributed by atoms with Gasteiger partial charge in [-0.1, -0.05) is 6.07 Å². The first-order valence-electron chi connectivity index (χ1n) is 11.9. The van der Waals surface area contributed by atoms with Gasteiger partial charge in [0.25, 0.3) is 5.91 Å². The molecule has 4 aromatic rings. The quantitative estimate of drug-likeness (QED) is 0.480. The number of aromatic nitrogens is 5. The molecule has 4 aromatic heterocycles. The molecule has 0 fully saturated rings. The zero-order valence-corrected chi connectivity index (χ0v) is 19.5. The summed E-state index contributed by atoms with van der Waals surface area (Å²) in [6.07, 6.45) is 7.65. The molecule has 0 atom stereocenters. The van der Waals surface area contributed by atoms with E-state index in [1.807, 2.05) is 41.3 Å². The zero-order valence-electron chi connectivity index (χ0n) is 19.5. The summed E-state index contributed by atoms with van der Waals surface area (Å²) in [5.74, 6) is -0.374. The summed E-state index contributed by atoms with van der Waals surface area (Å²) in [7, 11) is 0. The van der Waals surface area contributed by atoms with Crippen molar-refractivity contribution in [1.29, 1.82) is 0 Å². The summed E-state index contributed by atoms with van der Waals surface area (Å²) in [6.45, 7) is 5.39. The van der Waals surface area contributed by atoms with Crippen LogP contribution in [0.15, 0.2) is 47.5 Å². The highest BCUT2D eigenvalue weighted by molar-refractivity contribution is 5.96. The fourth-order valence-corrected chi connectivity index (χ4v) is 4.70. The maximum absolute atomic E-state index is 13.0. The minimum atomic E-state index is -0.374. The van der Waals surface area contributed by atoms with Crippen LogP contribution in [0.4, 0.5) is 0 Å². The van der Waals surface area contributed by atoms with Crippen molar-refractivity contribution >= 4 is 16.9 Å². The van der Waals surface area contributed by atoms with Crippen LogP contribution in [0, 0.1) is 6.92 Å². The van der Waals surface area contributed by atoms with E-state index in [1.165, 1.54) is 11.3 Å². The van der Waals surface area contributed by atoms with Crippen molar-refractivity contribution < 1.29 is 4.79 Å². The Morgan fingerprint density at radius 2 is 2.00 bits per heavy atom. The van der Waals surface area contributed by atoms with Gasteiger partial charge in [-0.05, 0) is 63.8 Å². The molecular weight excluding hydrogens is 428 g/mol. The van der Waals surface area contributed by atoms with Gasteiger partial charge >= 0.3 is 0 Å². The number of rotatable bonds is 6.